The molecule has 0 aromatic heterocycles. The summed E-state index contributed by atoms with van der Waals surface area (Å²) in [5.41, 5.74) is 1.07. The van der Waals surface area contributed by atoms with Gasteiger partial charge in [0.2, 0.25) is 5.91 Å². The number of ether oxygens (including phenoxy) is 2. The van der Waals surface area contributed by atoms with E-state index < -0.39 is 40.6 Å². The lowest BCUT2D eigenvalue weighted by molar-refractivity contribution is -0.384. The number of carbonyl (C=O) groups excluding carboxylic acids is 3. The van der Waals surface area contributed by atoms with Crippen LogP contribution in [0.3, 0.4) is 0 Å². The summed E-state index contributed by atoms with van der Waals surface area (Å²) in [6.07, 6.45) is 0. The van der Waals surface area contributed by atoms with Crippen LogP contribution < -0.4 is 5.32 Å². The van der Waals surface area contributed by atoms with E-state index in [1.165, 1.54) is 32.2 Å². The fraction of sp³-hybridized carbons (Fsp3) is 0.429. The summed E-state index contributed by atoms with van der Waals surface area (Å²) in [5, 5.41) is 13.8. The second-order valence-corrected chi connectivity index (χ2v) is 7.03. The van der Waals surface area contributed by atoms with E-state index in [1.807, 2.05) is 0 Å². The van der Waals surface area contributed by atoms with Gasteiger partial charge in [0, 0.05) is 35.0 Å². The number of methoxy groups -OCH3 is 1. The number of nitro benzene ring substituents is 1. The molecule has 1 N–H and O–H groups in total. The Balaban J connectivity index is 2.58. The van der Waals surface area contributed by atoms with Crippen molar-refractivity contribution in [3.63, 3.8) is 0 Å². The van der Waals surface area contributed by atoms with Crippen LogP contribution in [0.1, 0.15) is 39.2 Å². The minimum Gasteiger partial charge on any atom is -0.468 e. The van der Waals surface area contributed by atoms with Gasteiger partial charge in [-0.15, -0.1) is 0 Å². The molecule has 3 atom stereocenters. The van der Waals surface area contributed by atoms with Gasteiger partial charge in [-0.3, -0.25) is 24.7 Å². The molecule has 0 saturated heterocycles. The van der Waals surface area contributed by atoms with Gasteiger partial charge < -0.3 is 14.8 Å². The molecule has 0 aliphatic carbocycles. The van der Waals surface area contributed by atoms with Crippen molar-refractivity contribution in [2.45, 2.75) is 39.7 Å². The average Bonchev–Trinajstić information content (AvgIpc) is 2.72. The second-order valence-electron chi connectivity index (χ2n) is 7.03. The summed E-state index contributed by atoms with van der Waals surface area (Å²) in [7, 11) is 1.22. The van der Waals surface area contributed by atoms with Gasteiger partial charge >= 0.3 is 11.9 Å². The average molecular weight is 431 g/mol. The maximum atomic E-state index is 13.2. The van der Waals surface area contributed by atoms with Gasteiger partial charge in [0.15, 0.2) is 0 Å². The molecule has 1 aromatic rings. The third-order valence-electron chi connectivity index (χ3n) is 4.96. The van der Waals surface area contributed by atoms with Gasteiger partial charge in [0.05, 0.1) is 18.6 Å². The summed E-state index contributed by atoms with van der Waals surface area (Å²) in [5.74, 6) is -3.72. The molecule has 3 unspecified atom stereocenters. The number of non-ortho nitro benzene ring substituents is 1. The molecule has 0 bridgehead atoms. The van der Waals surface area contributed by atoms with E-state index in [4.69, 9.17) is 9.47 Å². The summed E-state index contributed by atoms with van der Waals surface area (Å²) < 4.78 is 9.84. The molecule has 1 heterocycles. The molecule has 2 rings (SSSR count). The zero-order valence-corrected chi connectivity index (χ0v) is 18.0. The summed E-state index contributed by atoms with van der Waals surface area (Å²) >= 11 is 0. The Morgan fingerprint density at radius 1 is 1.29 bits per heavy atom. The standard InChI is InChI=1S/C21H25N3O7/c1-6-31-20(26)13(4)23-19(25)16-11(2)22-12(3)17(21(27)30-5)18(16)14-8-7-9-15(10-14)24(28)29/h7-10,13,17-18H,6H2,1-5H3,(H,23,25). The van der Waals surface area contributed by atoms with Gasteiger partial charge in [-0.25, -0.2) is 4.79 Å². The molecule has 10 heteroatoms. The minimum atomic E-state index is -0.964. The molecule has 1 amide bonds. The lowest BCUT2D eigenvalue weighted by atomic mass is 9.75. The van der Waals surface area contributed by atoms with Crippen LogP contribution in [0.25, 0.3) is 0 Å². The van der Waals surface area contributed by atoms with E-state index in [9.17, 15) is 24.5 Å². The number of hydrogen-bond acceptors (Lipinski definition) is 8. The highest BCUT2D eigenvalue weighted by atomic mass is 16.6. The molecule has 1 aromatic carbocycles. The maximum absolute atomic E-state index is 13.2. The van der Waals surface area contributed by atoms with Crippen LogP contribution in [-0.2, 0) is 23.9 Å². The molecule has 0 spiro atoms. The number of nitrogens with zero attached hydrogens (tertiary/aromatic N) is 2. The van der Waals surface area contributed by atoms with Gasteiger partial charge in [0.25, 0.3) is 5.69 Å². The molecular weight excluding hydrogens is 406 g/mol. The number of aliphatic imine (C=N–C) groups is 1. The Labute approximate surface area is 179 Å². The lowest BCUT2D eigenvalue weighted by Gasteiger charge is -2.32. The van der Waals surface area contributed by atoms with E-state index in [0.717, 1.165) is 0 Å². The molecule has 1 aliphatic rings. The van der Waals surface area contributed by atoms with Gasteiger partial charge in [-0.2, -0.15) is 0 Å². The maximum Gasteiger partial charge on any atom is 0.328 e. The predicted octanol–water partition coefficient (Wildman–Crippen LogP) is 2.28. The van der Waals surface area contributed by atoms with E-state index in [0.29, 0.717) is 17.0 Å². The van der Waals surface area contributed by atoms with Gasteiger partial charge in [-0.05, 0) is 33.3 Å². The van der Waals surface area contributed by atoms with Crippen molar-refractivity contribution in [1.29, 1.82) is 0 Å². The third-order valence-corrected chi connectivity index (χ3v) is 4.96. The number of allylic oxidation sites excluding steroid dienone is 1. The zero-order chi connectivity index (χ0) is 23.3. The van der Waals surface area contributed by atoms with Crippen molar-refractivity contribution in [3.8, 4) is 0 Å². The highest BCUT2D eigenvalue weighted by molar-refractivity contribution is 6.08. The van der Waals surface area contributed by atoms with Crippen molar-refractivity contribution in [1.82, 2.24) is 5.32 Å². The Morgan fingerprint density at radius 2 is 1.97 bits per heavy atom. The molecule has 0 radical (unpaired) electrons. The van der Waals surface area contributed by atoms with Crippen molar-refractivity contribution >= 4 is 29.2 Å². The van der Waals surface area contributed by atoms with Crippen LogP contribution in [0.2, 0.25) is 0 Å². The van der Waals surface area contributed by atoms with E-state index in [-0.39, 0.29) is 17.9 Å². The number of hydrogen-bond donors (Lipinski definition) is 1. The van der Waals surface area contributed by atoms with Gasteiger partial charge in [-0.1, -0.05) is 12.1 Å². The first kappa shape index (κ1) is 23.7. The highest BCUT2D eigenvalue weighted by Crippen LogP contribution is 2.40. The first-order chi connectivity index (χ1) is 14.6. The SMILES string of the molecule is CCOC(=O)C(C)NC(=O)C1=C(C)N=C(C)C(C(=O)OC)C1c1cccc([N+](=O)[O-])c1. The minimum absolute atomic E-state index is 0.123. The Kier molecular flexibility index (Phi) is 7.62. The number of nitrogens with one attached hydrogen (secondary N) is 1. The van der Waals surface area contributed by atoms with Gasteiger partial charge in [0.1, 0.15) is 12.0 Å². The molecule has 31 heavy (non-hydrogen) atoms. The summed E-state index contributed by atoms with van der Waals surface area (Å²) in [4.78, 5) is 52.8. The summed E-state index contributed by atoms with van der Waals surface area (Å²) in [6, 6.07) is 4.77. The second kappa shape index (κ2) is 9.96. The van der Waals surface area contributed by atoms with Crippen molar-refractivity contribution in [3.05, 3.63) is 51.2 Å². The number of rotatable bonds is 7. The topological polar surface area (TPSA) is 137 Å². The van der Waals surface area contributed by atoms with E-state index in [2.05, 4.69) is 10.3 Å². The summed E-state index contributed by atoms with van der Waals surface area (Å²) in [6.45, 7) is 6.52. The fourth-order valence-corrected chi connectivity index (χ4v) is 3.56. The molecule has 0 fully saturated rings. The fourth-order valence-electron chi connectivity index (χ4n) is 3.56. The highest BCUT2D eigenvalue weighted by Gasteiger charge is 2.42. The zero-order valence-electron chi connectivity index (χ0n) is 18.0. The predicted molar refractivity (Wildman–Crippen MR) is 111 cm³/mol. The van der Waals surface area contributed by atoms with E-state index in [1.54, 1.807) is 26.8 Å². The number of amides is 1. The number of benzene rings is 1. The van der Waals surface area contributed by atoms with Crippen molar-refractivity contribution < 1.29 is 28.8 Å². The Hall–Kier alpha value is -3.56. The number of nitro groups is 1. The van der Waals surface area contributed by atoms with Crippen LogP contribution >= 0.6 is 0 Å². The Bertz CT molecular complexity index is 967. The van der Waals surface area contributed by atoms with Crippen molar-refractivity contribution in [2.24, 2.45) is 10.9 Å². The van der Waals surface area contributed by atoms with Crippen LogP contribution in [0.5, 0.6) is 0 Å². The normalized spacial score (nSPS) is 19.2. The van der Waals surface area contributed by atoms with Crippen molar-refractivity contribution in [2.75, 3.05) is 13.7 Å². The van der Waals surface area contributed by atoms with Crippen LogP contribution in [0.4, 0.5) is 5.69 Å². The lowest BCUT2D eigenvalue weighted by Crippen LogP contribution is -2.44. The largest absolute Gasteiger partial charge is 0.468 e. The molecular formula is C21H25N3O7. The van der Waals surface area contributed by atoms with Crippen LogP contribution in [0, 0.1) is 16.0 Å². The number of carbonyl (C=O) groups is 3. The molecule has 10 nitrogen and oxygen atoms in total. The van der Waals surface area contributed by atoms with Crippen LogP contribution in [0.15, 0.2) is 40.5 Å². The molecule has 1 aliphatic heterocycles. The molecule has 0 saturated carbocycles. The quantitative estimate of drug-likeness (QED) is 0.397. The number of esters is 2. The third kappa shape index (κ3) is 5.14. The van der Waals surface area contributed by atoms with Crippen LogP contribution in [-0.4, -0.2) is 48.2 Å². The molecule has 166 valence electrons. The first-order valence-electron chi connectivity index (χ1n) is 9.67. The Morgan fingerprint density at radius 3 is 2.55 bits per heavy atom. The van der Waals surface area contributed by atoms with E-state index >= 15 is 0 Å². The smallest absolute Gasteiger partial charge is 0.328 e. The first-order valence-corrected chi connectivity index (χ1v) is 9.67. The monoisotopic (exact) mass is 431 g/mol.